The third kappa shape index (κ3) is 2.39. The molecule has 0 aliphatic heterocycles. The Morgan fingerprint density at radius 3 is 1.56 bits per heavy atom. The Kier molecular flexibility index (Phi) is 5.21. The van der Waals surface area contributed by atoms with Crippen molar-refractivity contribution in [1.29, 1.82) is 0 Å². The van der Waals surface area contributed by atoms with Gasteiger partial charge in [-0.25, -0.2) is 0 Å². The van der Waals surface area contributed by atoms with Crippen molar-refractivity contribution >= 4 is 10.8 Å². The largest absolute Gasteiger partial charge is 0.412 e. The SMILES string of the molecule is CCO.O.O=c1c(=O)c2ccccc2c1=O. The quantitative estimate of drug-likeness (QED) is 0.578. The van der Waals surface area contributed by atoms with E-state index in [1.165, 1.54) is 12.1 Å². The van der Waals surface area contributed by atoms with Gasteiger partial charge in [-0.05, 0) is 6.92 Å². The maximum Gasteiger partial charge on any atom is 0.273 e. The molecule has 2 aromatic carbocycles. The molecule has 16 heavy (non-hydrogen) atoms. The summed E-state index contributed by atoms with van der Waals surface area (Å²) in [6, 6.07) is 6.23. The Hall–Kier alpha value is -1.85. The highest BCUT2D eigenvalue weighted by atomic mass is 16.2. The molecule has 0 aliphatic rings. The van der Waals surface area contributed by atoms with Crippen LogP contribution in [0.3, 0.4) is 0 Å². The van der Waals surface area contributed by atoms with Gasteiger partial charge in [-0.3, -0.25) is 14.4 Å². The first-order valence-electron chi connectivity index (χ1n) is 4.46. The van der Waals surface area contributed by atoms with Crippen LogP contribution in [0.1, 0.15) is 6.92 Å². The van der Waals surface area contributed by atoms with Gasteiger partial charge in [0.05, 0.1) is 0 Å². The third-order valence-corrected chi connectivity index (χ3v) is 1.83. The molecule has 0 aliphatic carbocycles. The van der Waals surface area contributed by atoms with Crippen LogP contribution in [0.15, 0.2) is 38.6 Å². The summed E-state index contributed by atoms with van der Waals surface area (Å²) in [6.07, 6.45) is 0. The minimum Gasteiger partial charge on any atom is -0.412 e. The Bertz CT molecular complexity index is 543. The Labute approximate surface area is 90.6 Å². The number of rotatable bonds is 0. The molecular weight excluding hydrogens is 212 g/mol. The molecule has 86 valence electrons. The second-order valence-electron chi connectivity index (χ2n) is 2.85. The molecule has 0 unspecified atom stereocenters. The maximum absolute atomic E-state index is 11.0. The Morgan fingerprint density at radius 1 is 0.938 bits per heavy atom. The number of fused-ring (bicyclic) bond motifs is 1. The summed E-state index contributed by atoms with van der Waals surface area (Å²) in [5.41, 5.74) is -2.29. The maximum atomic E-state index is 11.0. The van der Waals surface area contributed by atoms with Gasteiger partial charge in [0.25, 0.3) is 5.43 Å². The van der Waals surface area contributed by atoms with Crippen LogP contribution in [-0.4, -0.2) is 17.2 Å². The summed E-state index contributed by atoms with van der Waals surface area (Å²) in [6.45, 7) is 1.93. The van der Waals surface area contributed by atoms with Crippen LogP contribution in [0.5, 0.6) is 0 Å². The molecule has 0 radical (unpaired) electrons. The van der Waals surface area contributed by atoms with Gasteiger partial charge in [0, 0.05) is 17.4 Å². The standard InChI is InChI=1S/C9H4O3.C2H6O.H2O/c10-7-5-3-1-2-4-6(5)8(11)9(7)12;1-2-3;/h1-4H;3H,2H2,1H3;1H2. The fraction of sp³-hybridized carbons (Fsp3) is 0.182. The highest BCUT2D eigenvalue weighted by molar-refractivity contribution is 5.83. The normalized spacial score (nSPS) is 9.12. The molecule has 5 nitrogen and oxygen atoms in total. The first-order chi connectivity index (χ1) is 7.13. The van der Waals surface area contributed by atoms with E-state index in [0.29, 0.717) is 0 Å². The van der Waals surface area contributed by atoms with E-state index in [0.717, 1.165) is 0 Å². The molecule has 0 saturated heterocycles. The van der Waals surface area contributed by atoms with E-state index in [1.54, 1.807) is 19.1 Å². The molecular formula is C11H12O5. The molecule has 3 N–H and O–H groups in total. The zero-order valence-corrected chi connectivity index (χ0v) is 8.69. The van der Waals surface area contributed by atoms with E-state index in [4.69, 9.17) is 5.11 Å². The lowest BCUT2D eigenvalue weighted by molar-refractivity contribution is 0.318. The van der Waals surface area contributed by atoms with Crippen molar-refractivity contribution in [2.45, 2.75) is 6.92 Å². The summed E-state index contributed by atoms with van der Waals surface area (Å²) in [5, 5.41) is 8.03. The minimum absolute atomic E-state index is 0. The van der Waals surface area contributed by atoms with Gasteiger partial charge < -0.3 is 10.6 Å². The number of aliphatic hydroxyl groups is 1. The Balaban J connectivity index is 0.000000511. The first kappa shape index (κ1) is 14.2. The summed E-state index contributed by atoms with van der Waals surface area (Å²) in [5.74, 6) is 0. The number of benzene rings is 1. The molecule has 0 saturated carbocycles. The smallest absolute Gasteiger partial charge is 0.273 e. The van der Waals surface area contributed by atoms with Gasteiger partial charge in [-0.15, -0.1) is 0 Å². The second kappa shape index (κ2) is 5.89. The molecule has 2 aromatic rings. The van der Waals surface area contributed by atoms with E-state index in [9.17, 15) is 14.4 Å². The van der Waals surface area contributed by atoms with Crippen molar-refractivity contribution in [3.63, 3.8) is 0 Å². The number of hydrogen-bond donors (Lipinski definition) is 1. The summed E-state index contributed by atoms with van der Waals surface area (Å²) in [7, 11) is 0. The van der Waals surface area contributed by atoms with E-state index in [2.05, 4.69) is 0 Å². The average Bonchev–Trinajstić information content (AvgIpc) is 2.46. The van der Waals surface area contributed by atoms with Gasteiger partial charge in [-0.1, -0.05) is 24.3 Å². The molecule has 0 aromatic heterocycles. The first-order valence-corrected chi connectivity index (χ1v) is 4.46. The molecule has 0 atom stereocenters. The van der Waals surface area contributed by atoms with Crippen molar-refractivity contribution in [2.75, 3.05) is 6.61 Å². The van der Waals surface area contributed by atoms with E-state index in [1.807, 2.05) is 0 Å². The van der Waals surface area contributed by atoms with Gasteiger partial charge in [-0.2, -0.15) is 0 Å². The summed E-state index contributed by atoms with van der Waals surface area (Å²) < 4.78 is 0. The fourth-order valence-electron chi connectivity index (χ4n) is 1.23. The molecule has 0 fully saturated rings. The minimum atomic E-state index is -0.920. The lowest BCUT2D eigenvalue weighted by atomic mass is 10.2. The highest BCUT2D eigenvalue weighted by Crippen LogP contribution is 2.01. The molecule has 2 rings (SSSR count). The van der Waals surface area contributed by atoms with Gasteiger partial charge in [0.15, 0.2) is 0 Å². The van der Waals surface area contributed by atoms with Gasteiger partial charge >= 0.3 is 0 Å². The van der Waals surface area contributed by atoms with E-state index in [-0.39, 0.29) is 22.9 Å². The lowest BCUT2D eigenvalue weighted by Gasteiger charge is -1.81. The number of aliphatic hydroxyl groups excluding tert-OH is 1. The van der Waals surface area contributed by atoms with Crippen molar-refractivity contribution < 1.29 is 10.6 Å². The van der Waals surface area contributed by atoms with E-state index < -0.39 is 16.3 Å². The predicted octanol–water partition coefficient (Wildman–Crippen LogP) is -1.03. The van der Waals surface area contributed by atoms with Crippen LogP contribution in [0.2, 0.25) is 0 Å². The highest BCUT2D eigenvalue weighted by Gasteiger charge is 2.09. The van der Waals surface area contributed by atoms with Crippen LogP contribution >= 0.6 is 0 Å². The van der Waals surface area contributed by atoms with Crippen LogP contribution in [0, 0.1) is 0 Å². The van der Waals surface area contributed by atoms with Crippen molar-refractivity contribution in [1.82, 2.24) is 0 Å². The van der Waals surface area contributed by atoms with E-state index >= 15 is 0 Å². The predicted molar refractivity (Wildman–Crippen MR) is 61.5 cm³/mol. The fourth-order valence-corrected chi connectivity index (χ4v) is 1.23. The molecule has 0 bridgehead atoms. The van der Waals surface area contributed by atoms with Crippen LogP contribution in [0.25, 0.3) is 10.8 Å². The van der Waals surface area contributed by atoms with Gasteiger partial charge in [0.1, 0.15) is 0 Å². The number of hydrogen-bond acceptors (Lipinski definition) is 4. The van der Waals surface area contributed by atoms with Crippen molar-refractivity contribution in [3.8, 4) is 0 Å². The molecule has 0 amide bonds. The molecule has 0 heterocycles. The van der Waals surface area contributed by atoms with Crippen LogP contribution in [-0.2, 0) is 0 Å². The zero-order chi connectivity index (χ0) is 11.4. The topological polar surface area (TPSA) is 103 Å². The van der Waals surface area contributed by atoms with Crippen LogP contribution in [0.4, 0.5) is 0 Å². The van der Waals surface area contributed by atoms with Crippen molar-refractivity contribution in [3.05, 3.63) is 54.9 Å². The van der Waals surface area contributed by atoms with Crippen molar-refractivity contribution in [2.24, 2.45) is 0 Å². The average molecular weight is 224 g/mol. The lowest BCUT2D eigenvalue weighted by Crippen LogP contribution is -2.29. The Morgan fingerprint density at radius 2 is 1.25 bits per heavy atom. The summed E-state index contributed by atoms with van der Waals surface area (Å²) in [4.78, 5) is 32.9. The third-order valence-electron chi connectivity index (χ3n) is 1.83. The monoisotopic (exact) mass is 224 g/mol. The second-order valence-corrected chi connectivity index (χ2v) is 2.85. The zero-order valence-electron chi connectivity index (χ0n) is 8.69. The van der Waals surface area contributed by atoms with Gasteiger partial charge in [0.2, 0.25) is 10.9 Å². The summed E-state index contributed by atoms with van der Waals surface area (Å²) >= 11 is 0. The van der Waals surface area contributed by atoms with Crippen LogP contribution < -0.4 is 16.3 Å². The molecule has 0 spiro atoms. The molecule has 5 heteroatoms.